The van der Waals surface area contributed by atoms with Crippen molar-refractivity contribution >= 4 is 15.5 Å². The number of halogens is 3. The Hall–Kier alpha value is -2.21. The molecular weight excluding hydrogens is 409 g/mol. The Bertz CT molecular complexity index is 1000. The van der Waals surface area contributed by atoms with Crippen molar-refractivity contribution in [2.45, 2.75) is 30.3 Å². The number of rotatable bonds is 3. The number of nitrogens with one attached hydrogen (secondary N) is 2. The van der Waals surface area contributed by atoms with Crippen molar-refractivity contribution in [3.05, 3.63) is 17.7 Å². The van der Waals surface area contributed by atoms with E-state index in [4.69, 9.17) is 0 Å². The SMILES string of the molecule is CS(=O)(=O)c1c(C(F)(F)F)ccc(N2CCC3(CCNCC3)C2)c1-c1nnn[nH]1. The van der Waals surface area contributed by atoms with E-state index in [1.165, 1.54) is 6.07 Å². The zero-order valence-corrected chi connectivity index (χ0v) is 16.6. The van der Waals surface area contributed by atoms with Gasteiger partial charge in [-0.1, -0.05) is 0 Å². The summed E-state index contributed by atoms with van der Waals surface area (Å²) in [4.78, 5) is 1.16. The first-order valence-electron chi connectivity index (χ1n) is 9.25. The molecule has 2 aliphatic rings. The van der Waals surface area contributed by atoms with E-state index in [0.29, 0.717) is 18.8 Å². The second kappa shape index (κ2) is 6.94. The van der Waals surface area contributed by atoms with Crippen molar-refractivity contribution < 1.29 is 21.6 Å². The topological polar surface area (TPSA) is 104 Å². The molecule has 0 unspecified atom stereocenters. The summed E-state index contributed by atoms with van der Waals surface area (Å²) in [6.45, 7) is 3.07. The van der Waals surface area contributed by atoms with Crippen LogP contribution in [0.2, 0.25) is 0 Å². The Kier molecular flexibility index (Phi) is 4.80. The monoisotopic (exact) mass is 430 g/mol. The molecule has 12 heteroatoms. The number of hydrogen-bond acceptors (Lipinski definition) is 7. The van der Waals surface area contributed by atoms with Gasteiger partial charge >= 0.3 is 6.18 Å². The summed E-state index contributed by atoms with van der Waals surface area (Å²) in [5.41, 5.74) is -0.868. The summed E-state index contributed by atoms with van der Waals surface area (Å²) < 4.78 is 65.9. The minimum absolute atomic E-state index is 0.0795. The molecule has 29 heavy (non-hydrogen) atoms. The molecule has 1 aromatic heterocycles. The fourth-order valence-corrected chi connectivity index (χ4v) is 5.60. The molecule has 0 bridgehead atoms. The van der Waals surface area contributed by atoms with Gasteiger partial charge in [-0.05, 0) is 60.3 Å². The standard InChI is InChI=1S/C17H21F3N6O2S/c1-29(27,28)14-11(17(18,19)20)2-3-12(13(14)15-22-24-25-23-15)26-9-6-16(10-26)4-7-21-8-5-16/h2-3,21H,4-10H2,1H3,(H,22,23,24,25). The van der Waals surface area contributed by atoms with E-state index in [1.807, 2.05) is 4.90 Å². The lowest BCUT2D eigenvalue weighted by molar-refractivity contribution is -0.139. The summed E-state index contributed by atoms with van der Waals surface area (Å²) in [6, 6.07) is 2.17. The van der Waals surface area contributed by atoms with Gasteiger partial charge < -0.3 is 10.2 Å². The predicted octanol–water partition coefficient (Wildman–Crippen LogP) is 1.87. The van der Waals surface area contributed by atoms with Gasteiger partial charge in [0.1, 0.15) is 0 Å². The molecule has 2 fully saturated rings. The van der Waals surface area contributed by atoms with Gasteiger partial charge in [0, 0.05) is 25.0 Å². The molecule has 3 heterocycles. The molecule has 2 aliphatic heterocycles. The molecule has 0 saturated carbocycles. The van der Waals surface area contributed by atoms with E-state index < -0.39 is 26.5 Å². The van der Waals surface area contributed by atoms with Gasteiger partial charge in [0.2, 0.25) is 0 Å². The third-order valence-electron chi connectivity index (χ3n) is 5.84. The minimum Gasteiger partial charge on any atom is -0.370 e. The average Bonchev–Trinajstić information content (AvgIpc) is 3.30. The zero-order valence-electron chi connectivity index (χ0n) is 15.8. The fraction of sp³-hybridized carbons (Fsp3) is 0.588. The number of benzene rings is 1. The van der Waals surface area contributed by atoms with Crippen LogP contribution < -0.4 is 10.2 Å². The molecule has 0 aliphatic carbocycles. The highest BCUT2D eigenvalue weighted by Gasteiger charge is 2.43. The third kappa shape index (κ3) is 3.70. The zero-order chi connectivity index (χ0) is 20.9. The summed E-state index contributed by atoms with van der Waals surface area (Å²) >= 11 is 0. The Labute approximate surface area is 165 Å². The van der Waals surface area contributed by atoms with Gasteiger partial charge in [0.15, 0.2) is 15.7 Å². The minimum atomic E-state index is -4.83. The molecule has 1 aromatic carbocycles. The molecule has 1 spiro atoms. The fourth-order valence-electron chi connectivity index (χ4n) is 4.44. The van der Waals surface area contributed by atoms with Crippen LogP contribution in [-0.4, -0.2) is 61.5 Å². The highest BCUT2D eigenvalue weighted by molar-refractivity contribution is 7.91. The van der Waals surface area contributed by atoms with E-state index in [1.54, 1.807) is 0 Å². The van der Waals surface area contributed by atoms with Crippen molar-refractivity contribution in [3.63, 3.8) is 0 Å². The van der Waals surface area contributed by atoms with E-state index in [0.717, 1.165) is 44.7 Å². The average molecular weight is 430 g/mol. The number of tetrazole rings is 1. The van der Waals surface area contributed by atoms with Gasteiger partial charge in [-0.3, -0.25) is 0 Å². The van der Waals surface area contributed by atoms with Crippen molar-refractivity contribution in [3.8, 4) is 11.4 Å². The summed E-state index contributed by atoms with van der Waals surface area (Å²) in [5.74, 6) is -0.0993. The van der Waals surface area contributed by atoms with E-state index >= 15 is 0 Å². The van der Waals surface area contributed by atoms with Gasteiger partial charge in [0.25, 0.3) is 0 Å². The van der Waals surface area contributed by atoms with Gasteiger partial charge in [0.05, 0.1) is 16.0 Å². The predicted molar refractivity (Wildman–Crippen MR) is 99.1 cm³/mol. The molecule has 2 saturated heterocycles. The highest BCUT2D eigenvalue weighted by Crippen LogP contribution is 2.46. The van der Waals surface area contributed by atoms with Gasteiger partial charge in [-0.25, -0.2) is 13.5 Å². The molecule has 4 rings (SSSR count). The smallest absolute Gasteiger partial charge is 0.370 e. The first-order chi connectivity index (χ1) is 13.6. The maximum Gasteiger partial charge on any atom is 0.417 e. The maximum atomic E-state index is 13.6. The molecule has 8 nitrogen and oxygen atoms in total. The largest absolute Gasteiger partial charge is 0.417 e. The number of piperidine rings is 1. The third-order valence-corrected chi connectivity index (χ3v) is 7.00. The second-order valence-corrected chi connectivity index (χ2v) is 9.73. The van der Waals surface area contributed by atoms with Crippen LogP contribution in [0.25, 0.3) is 11.4 Å². The van der Waals surface area contributed by atoms with Crippen LogP contribution in [0.15, 0.2) is 17.0 Å². The number of alkyl halides is 3. The van der Waals surface area contributed by atoms with Gasteiger partial charge in [-0.15, -0.1) is 5.10 Å². The number of anilines is 1. The maximum absolute atomic E-state index is 13.6. The number of sulfone groups is 1. The quantitative estimate of drug-likeness (QED) is 0.766. The Morgan fingerprint density at radius 3 is 2.48 bits per heavy atom. The van der Waals surface area contributed by atoms with E-state index in [-0.39, 0.29) is 16.8 Å². The normalized spacial score (nSPS) is 19.8. The summed E-state index contributed by atoms with van der Waals surface area (Å²) in [5, 5.41) is 16.4. The Balaban J connectivity index is 1.89. The van der Waals surface area contributed by atoms with Crippen LogP contribution in [0.1, 0.15) is 24.8 Å². The summed E-state index contributed by atoms with van der Waals surface area (Å²) in [7, 11) is -4.23. The molecule has 158 valence electrons. The highest BCUT2D eigenvalue weighted by atomic mass is 32.2. The van der Waals surface area contributed by atoms with Crippen LogP contribution in [0, 0.1) is 5.41 Å². The molecule has 0 radical (unpaired) electrons. The number of aromatic nitrogens is 4. The van der Waals surface area contributed by atoms with E-state index in [2.05, 4.69) is 25.9 Å². The first-order valence-corrected chi connectivity index (χ1v) is 11.1. The van der Waals surface area contributed by atoms with Crippen molar-refractivity contribution in [1.29, 1.82) is 0 Å². The first kappa shape index (κ1) is 20.1. The van der Waals surface area contributed by atoms with Crippen molar-refractivity contribution in [1.82, 2.24) is 25.9 Å². The molecule has 0 atom stereocenters. The van der Waals surface area contributed by atoms with Crippen LogP contribution in [0.4, 0.5) is 18.9 Å². The molecule has 2 aromatic rings. The number of hydrogen-bond donors (Lipinski definition) is 2. The van der Waals surface area contributed by atoms with Crippen molar-refractivity contribution in [2.75, 3.05) is 37.3 Å². The number of H-pyrrole nitrogens is 1. The lowest BCUT2D eigenvalue weighted by Crippen LogP contribution is -2.38. The second-order valence-electron chi connectivity index (χ2n) is 7.78. The van der Waals surface area contributed by atoms with E-state index in [9.17, 15) is 21.6 Å². The number of nitrogens with zero attached hydrogens (tertiary/aromatic N) is 4. The lowest BCUT2D eigenvalue weighted by Gasteiger charge is -2.34. The molecule has 2 N–H and O–H groups in total. The Morgan fingerprint density at radius 2 is 1.90 bits per heavy atom. The van der Waals surface area contributed by atoms with Crippen LogP contribution in [0.5, 0.6) is 0 Å². The van der Waals surface area contributed by atoms with Crippen LogP contribution >= 0.6 is 0 Å². The van der Waals surface area contributed by atoms with Crippen LogP contribution in [-0.2, 0) is 16.0 Å². The molecule has 0 amide bonds. The number of aromatic amines is 1. The van der Waals surface area contributed by atoms with Crippen molar-refractivity contribution in [2.24, 2.45) is 5.41 Å². The van der Waals surface area contributed by atoms with Crippen LogP contribution in [0.3, 0.4) is 0 Å². The van der Waals surface area contributed by atoms with Gasteiger partial charge in [-0.2, -0.15) is 13.2 Å². The lowest BCUT2D eigenvalue weighted by atomic mass is 9.78. The summed E-state index contributed by atoms with van der Waals surface area (Å²) in [6.07, 6.45) is -1.21. The molecular formula is C17H21F3N6O2S. The Morgan fingerprint density at radius 1 is 1.17 bits per heavy atom.